The first-order valence-corrected chi connectivity index (χ1v) is 10.8. The molecule has 170 valence electrons. The van der Waals surface area contributed by atoms with E-state index < -0.39 is 11.6 Å². The number of nitrogens with zero attached hydrogens (tertiary/aromatic N) is 1. The number of carbonyl (C=O) groups excluding carboxylic acids is 2. The van der Waals surface area contributed by atoms with Gasteiger partial charge in [0.1, 0.15) is 11.9 Å². The van der Waals surface area contributed by atoms with Crippen LogP contribution in [-0.2, 0) is 0 Å². The highest BCUT2D eigenvalue weighted by Gasteiger charge is 2.26. The highest BCUT2D eigenvalue weighted by atomic mass is 19.1. The second-order valence-corrected chi connectivity index (χ2v) is 8.03. The van der Waals surface area contributed by atoms with Gasteiger partial charge in [0.2, 0.25) is 0 Å². The van der Waals surface area contributed by atoms with Gasteiger partial charge in [0, 0.05) is 48.8 Å². The van der Waals surface area contributed by atoms with E-state index in [9.17, 15) is 18.4 Å². The third-order valence-electron chi connectivity index (χ3n) is 5.69. The number of carbonyl (C=O) groups is 2. The highest BCUT2D eigenvalue weighted by Crippen LogP contribution is 2.25. The van der Waals surface area contributed by atoms with Crippen molar-refractivity contribution >= 4 is 17.5 Å². The summed E-state index contributed by atoms with van der Waals surface area (Å²) < 4.78 is 32.6. The molecule has 0 atom stereocenters. The monoisotopic (exact) mass is 450 g/mol. The zero-order valence-corrected chi connectivity index (χ0v) is 18.2. The molecule has 0 radical (unpaired) electrons. The molecule has 5 nitrogen and oxygen atoms in total. The smallest absolute Gasteiger partial charge is 0.255 e. The Kier molecular flexibility index (Phi) is 6.68. The molecule has 0 unspecified atom stereocenters. The van der Waals surface area contributed by atoms with Gasteiger partial charge in [0.15, 0.2) is 11.6 Å². The van der Waals surface area contributed by atoms with Gasteiger partial charge < -0.3 is 15.0 Å². The number of amides is 2. The predicted octanol–water partition coefficient (Wildman–Crippen LogP) is 5.21. The average Bonchev–Trinajstić information content (AvgIpc) is 2.83. The molecule has 0 aliphatic carbocycles. The van der Waals surface area contributed by atoms with Gasteiger partial charge in [-0.2, -0.15) is 0 Å². The van der Waals surface area contributed by atoms with Crippen molar-refractivity contribution in [1.82, 2.24) is 4.90 Å². The van der Waals surface area contributed by atoms with Crippen LogP contribution in [0.3, 0.4) is 0 Å². The Balaban J connectivity index is 1.38. The first-order valence-electron chi connectivity index (χ1n) is 10.8. The fourth-order valence-corrected chi connectivity index (χ4v) is 3.78. The number of ether oxygens (including phenoxy) is 1. The second-order valence-electron chi connectivity index (χ2n) is 8.03. The third kappa shape index (κ3) is 5.37. The fraction of sp³-hybridized carbons (Fsp3) is 0.231. The van der Waals surface area contributed by atoms with E-state index in [2.05, 4.69) is 5.32 Å². The SMILES string of the molecule is Cc1ccc(C(=O)N2CCC(Oc3ccc(F)cc3F)CC2)cc1NC(=O)c1ccccc1. The molecule has 2 amide bonds. The lowest BCUT2D eigenvalue weighted by Gasteiger charge is -2.32. The van der Waals surface area contributed by atoms with Crippen LogP contribution >= 0.6 is 0 Å². The number of rotatable bonds is 5. The maximum Gasteiger partial charge on any atom is 0.255 e. The number of nitrogens with one attached hydrogen (secondary N) is 1. The highest BCUT2D eigenvalue weighted by molar-refractivity contribution is 6.05. The summed E-state index contributed by atoms with van der Waals surface area (Å²) in [5, 5.41) is 2.88. The minimum atomic E-state index is -0.738. The quantitative estimate of drug-likeness (QED) is 0.581. The number of benzene rings is 3. The van der Waals surface area contributed by atoms with Crippen molar-refractivity contribution in [3.63, 3.8) is 0 Å². The van der Waals surface area contributed by atoms with Crippen LogP contribution in [-0.4, -0.2) is 35.9 Å². The summed E-state index contributed by atoms with van der Waals surface area (Å²) in [6.07, 6.45) is 0.811. The number of anilines is 1. The van der Waals surface area contributed by atoms with E-state index in [1.807, 2.05) is 13.0 Å². The predicted molar refractivity (Wildman–Crippen MR) is 121 cm³/mol. The van der Waals surface area contributed by atoms with E-state index in [4.69, 9.17) is 4.74 Å². The number of likely N-dealkylation sites (tertiary alicyclic amines) is 1. The molecule has 33 heavy (non-hydrogen) atoms. The fourth-order valence-electron chi connectivity index (χ4n) is 3.78. The van der Waals surface area contributed by atoms with E-state index in [-0.39, 0.29) is 23.7 Å². The molecule has 3 aromatic rings. The normalized spacial score (nSPS) is 14.1. The van der Waals surface area contributed by atoms with Gasteiger partial charge in [-0.15, -0.1) is 0 Å². The van der Waals surface area contributed by atoms with Crippen LogP contribution in [0.1, 0.15) is 39.1 Å². The first kappa shape index (κ1) is 22.5. The van der Waals surface area contributed by atoms with Crippen molar-refractivity contribution in [3.8, 4) is 5.75 Å². The summed E-state index contributed by atoms with van der Waals surface area (Å²) in [5.41, 5.74) is 2.45. The van der Waals surface area contributed by atoms with Crippen LogP contribution < -0.4 is 10.1 Å². The molecule has 0 saturated carbocycles. The molecule has 7 heteroatoms. The van der Waals surface area contributed by atoms with Crippen molar-refractivity contribution < 1.29 is 23.1 Å². The van der Waals surface area contributed by atoms with E-state index in [0.717, 1.165) is 17.7 Å². The van der Waals surface area contributed by atoms with Gasteiger partial charge in [-0.05, 0) is 48.9 Å². The van der Waals surface area contributed by atoms with E-state index >= 15 is 0 Å². The molecule has 1 fully saturated rings. The molecule has 1 heterocycles. The Morgan fingerprint density at radius 2 is 1.67 bits per heavy atom. The van der Waals surface area contributed by atoms with Crippen LogP contribution in [0.2, 0.25) is 0 Å². The molecule has 3 aromatic carbocycles. The van der Waals surface area contributed by atoms with Crippen molar-refractivity contribution in [1.29, 1.82) is 0 Å². The largest absolute Gasteiger partial charge is 0.487 e. The lowest BCUT2D eigenvalue weighted by atomic mass is 10.0. The van der Waals surface area contributed by atoms with Gasteiger partial charge in [-0.3, -0.25) is 9.59 Å². The van der Waals surface area contributed by atoms with Crippen molar-refractivity contribution in [2.45, 2.75) is 25.9 Å². The lowest BCUT2D eigenvalue weighted by Crippen LogP contribution is -2.41. The molecular formula is C26H24F2N2O3. The minimum Gasteiger partial charge on any atom is -0.487 e. The van der Waals surface area contributed by atoms with Crippen molar-refractivity contribution in [2.24, 2.45) is 0 Å². The molecule has 0 spiro atoms. The Labute approximate surface area is 191 Å². The molecule has 4 rings (SSSR count). The summed E-state index contributed by atoms with van der Waals surface area (Å²) in [6.45, 7) is 2.77. The second kappa shape index (κ2) is 9.81. The number of hydrogen-bond acceptors (Lipinski definition) is 3. The minimum absolute atomic E-state index is 0.0125. The maximum absolute atomic E-state index is 13.8. The summed E-state index contributed by atoms with van der Waals surface area (Å²) in [5.74, 6) is -1.76. The zero-order chi connectivity index (χ0) is 23.4. The van der Waals surface area contributed by atoms with Gasteiger partial charge in [-0.1, -0.05) is 24.3 Å². The Morgan fingerprint density at radius 3 is 2.36 bits per heavy atom. The van der Waals surface area contributed by atoms with Crippen molar-refractivity contribution in [3.05, 3.63) is 95.1 Å². The zero-order valence-electron chi connectivity index (χ0n) is 18.2. The van der Waals surface area contributed by atoms with Crippen LogP contribution in [0.4, 0.5) is 14.5 Å². The Morgan fingerprint density at radius 1 is 0.939 bits per heavy atom. The topological polar surface area (TPSA) is 58.6 Å². The van der Waals surface area contributed by atoms with E-state index in [1.165, 1.54) is 6.07 Å². The van der Waals surface area contributed by atoms with E-state index in [0.29, 0.717) is 42.7 Å². The number of hydrogen-bond donors (Lipinski definition) is 1. The average molecular weight is 450 g/mol. The van der Waals surface area contributed by atoms with Crippen LogP contribution in [0, 0.1) is 18.6 Å². The Hall–Kier alpha value is -3.74. The van der Waals surface area contributed by atoms with Crippen molar-refractivity contribution in [2.75, 3.05) is 18.4 Å². The summed E-state index contributed by atoms with van der Waals surface area (Å²) in [6, 6.07) is 17.3. The summed E-state index contributed by atoms with van der Waals surface area (Å²) in [7, 11) is 0. The van der Waals surface area contributed by atoms with Crippen LogP contribution in [0.25, 0.3) is 0 Å². The number of piperidine rings is 1. The number of halogens is 2. The third-order valence-corrected chi connectivity index (χ3v) is 5.69. The molecule has 0 bridgehead atoms. The van der Waals surface area contributed by atoms with Crippen LogP contribution in [0.15, 0.2) is 66.7 Å². The number of aryl methyl sites for hydroxylation is 1. The molecule has 1 aliphatic heterocycles. The molecule has 1 saturated heterocycles. The standard InChI is InChI=1S/C26H24F2N2O3/c1-17-7-8-19(15-23(17)29-25(31)18-5-3-2-4-6-18)26(32)30-13-11-21(12-14-30)33-24-10-9-20(27)16-22(24)28/h2-10,15-16,21H,11-14H2,1H3,(H,29,31). The molecular weight excluding hydrogens is 426 g/mol. The lowest BCUT2D eigenvalue weighted by molar-refractivity contribution is 0.0588. The molecule has 1 aliphatic rings. The molecule has 0 aromatic heterocycles. The molecule has 1 N–H and O–H groups in total. The Bertz CT molecular complexity index is 1160. The van der Waals surface area contributed by atoms with Crippen LogP contribution in [0.5, 0.6) is 5.75 Å². The van der Waals surface area contributed by atoms with Gasteiger partial charge in [-0.25, -0.2) is 8.78 Å². The maximum atomic E-state index is 13.8. The first-order chi connectivity index (χ1) is 15.9. The van der Waals surface area contributed by atoms with Gasteiger partial charge in [0.05, 0.1) is 0 Å². The summed E-state index contributed by atoms with van der Waals surface area (Å²) >= 11 is 0. The summed E-state index contributed by atoms with van der Waals surface area (Å²) in [4.78, 5) is 27.3. The van der Waals surface area contributed by atoms with E-state index in [1.54, 1.807) is 47.4 Å². The van der Waals surface area contributed by atoms with Gasteiger partial charge in [0.25, 0.3) is 11.8 Å². The van der Waals surface area contributed by atoms with Gasteiger partial charge >= 0.3 is 0 Å².